The first-order valence-electron chi connectivity index (χ1n) is 6.57. The minimum atomic E-state index is -0.449. The van der Waals surface area contributed by atoms with Gasteiger partial charge in [-0.3, -0.25) is 4.79 Å². The van der Waals surface area contributed by atoms with E-state index in [-0.39, 0.29) is 12.0 Å². The molecule has 0 spiro atoms. The fourth-order valence-electron chi connectivity index (χ4n) is 2.50. The summed E-state index contributed by atoms with van der Waals surface area (Å²) in [6.07, 6.45) is 2.37. The maximum Gasteiger partial charge on any atom is 0.261 e. The van der Waals surface area contributed by atoms with Crippen molar-refractivity contribution in [3.05, 3.63) is 28.8 Å². The predicted octanol–water partition coefficient (Wildman–Crippen LogP) is 1.94. The fraction of sp³-hybridized carbons (Fsp3) is 0.500. The summed E-state index contributed by atoms with van der Waals surface area (Å²) in [6, 6.07) is 5.43. The number of ether oxygens (including phenoxy) is 2. The lowest BCUT2D eigenvalue weighted by Crippen LogP contribution is -2.40. The third kappa shape index (κ3) is 2.85. The summed E-state index contributed by atoms with van der Waals surface area (Å²) >= 11 is 5.93. The number of amides is 1. The Morgan fingerprint density at radius 1 is 1.47 bits per heavy atom. The Kier molecular flexibility index (Phi) is 3.62. The van der Waals surface area contributed by atoms with Crippen LogP contribution in [0.1, 0.15) is 18.4 Å². The number of fused-ring (bicyclic) bond motifs is 1. The molecule has 19 heavy (non-hydrogen) atoms. The summed E-state index contributed by atoms with van der Waals surface area (Å²) < 4.78 is 11.1. The molecule has 102 valence electrons. The van der Waals surface area contributed by atoms with E-state index in [1.807, 2.05) is 12.1 Å². The monoisotopic (exact) mass is 281 g/mol. The molecule has 1 aromatic carbocycles. The number of hydrogen-bond donors (Lipinski definition) is 1. The zero-order valence-corrected chi connectivity index (χ0v) is 11.3. The zero-order chi connectivity index (χ0) is 13.2. The SMILES string of the molecule is O=C(NCC1CCCO1)C1Cc2cc(Cl)ccc2O1. The van der Waals surface area contributed by atoms with Gasteiger partial charge in [0.15, 0.2) is 6.10 Å². The molecule has 0 aromatic heterocycles. The molecule has 2 aliphatic rings. The number of rotatable bonds is 3. The molecule has 0 radical (unpaired) electrons. The van der Waals surface area contributed by atoms with E-state index in [2.05, 4.69) is 5.32 Å². The molecule has 2 unspecified atom stereocenters. The van der Waals surface area contributed by atoms with Crippen molar-refractivity contribution in [2.45, 2.75) is 31.5 Å². The number of halogens is 1. The van der Waals surface area contributed by atoms with Gasteiger partial charge in [0.25, 0.3) is 5.91 Å². The Balaban J connectivity index is 1.55. The van der Waals surface area contributed by atoms with E-state index in [0.717, 1.165) is 30.8 Å². The van der Waals surface area contributed by atoms with E-state index in [0.29, 0.717) is 18.0 Å². The Morgan fingerprint density at radius 3 is 3.16 bits per heavy atom. The van der Waals surface area contributed by atoms with Gasteiger partial charge in [-0.05, 0) is 36.6 Å². The van der Waals surface area contributed by atoms with Crippen LogP contribution in [0, 0.1) is 0 Å². The molecular formula is C14H16ClNO3. The van der Waals surface area contributed by atoms with Crippen LogP contribution in [0.2, 0.25) is 5.02 Å². The van der Waals surface area contributed by atoms with Crippen molar-refractivity contribution in [2.75, 3.05) is 13.2 Å². The van der Waals surface area contributed by atoms with Crippen LogP contribution in [0.25, 0.3) is 0 Å². The Labute approximate surface area is 117 Å². The summed E-state index contributed by atoms with van der Waals surface area (Å²) in [6.45, 7) is 1.36. The quantitative estimate of drug-likeness (QED) is 0.921. The van der Waals surface area contributed by atoms with Crippen LogP contribution in [-0.4, -0.2) is 31.3 Å². The zero-order valence-electron chi connectivity index (χ0n) is 10.5. The van der Waals surface area contributed by atoms with Crippen molar-refractivity contribution < 1.29 is 14.3 Å². The third-order valence-electron chi connectivity index (χ3n) is 3.52. The summed E-state index contributed by atoms with van der Waals surface area (Å²) in [4.78, 5) is 12.0. The van der Waals surface area contributed by atoms with Gasteiger partial charge in [-0.1, -0.05) is 11.6 Å². The van der Waals surface area contributed by atoms with Gasteiger partial charge in [-0.2, -0.15) is 0 Å². The molecule has 2 aliphatic heterocycles. The molecule has 5 heteroatoms. The van der Waals surface area contributed by atoms with Crippen molar-refractivity contribution in [3.8, 4) is 5.75 Å². The van der Waals surface area contributed by atoms with E-state index < -0.39 is 6.10 Å². The van der Waals surface area contributed by atoms with Gasteiger partial charge in [-0.15, -0.1) is 0 Å². The second-order valence-electron chi connectivity index (χ2n) is 4.94. The molecule has 1 N–H and O–H groups in total. The van der Waals surface area contributed by atoms with E-state index in [1.165, 1.54) is 0 Å². The number of benzene rings is 1. The lowest BCUT2D eigenvalue weighted by atomic mass is 10.1. The van der Waals surface area contributed by atoms with E-state index in [1.54, 1.807) is 6.07 Å². The van der Waals surface area contributed by atoms with Gasteiger partial charge in [0.2, 0.25) is 0 Å². The van der Waals surface area contributed by atoms with Crippen molar-refractivity contribution in [1.82, 2.24) is 5.32 Å². The van der Waals surface area contributed by atoms with Crippen LogP contribution in [0.15, 0.2) is 18.2 Å². The number of hydrogen-bond acceptors (Lipinski definition) is 3. The van der Waals surface area contributed by atoms with Gasteiger partial charge in [-0.25, -0.2) is 0 Å². The highest BCUT2D eigenvalue weighted by molar-refractivity contribution is 6.30. The van der Waals surface area contributed by atoms with E-state index >= 15 is 0 Å². The van der Waals surface area contributed by atoms with Crippen molar-refractivity contribution >= 4 is 17.5 Å². The van der Waals surface area contributed by atoms with Crippen LogP contribution >= 0.6 is 11.6 Å². The number of carbonyl (C=O) groups excluding carboxylic acids is 1. The maximum absolute atomic E-state index is 12.0. The summed E-state index contributed by atoms with van der Waals surface area (Å²) in [5, 5.41) is 3.56. The first-order chi connectivity index (χ1) is 9.22. The van der Waals surface area contributed by atoms with Crippen LogP contribution in [-0.2, 0) is 16.0 Å². The maximum atomic E-state index is 12.0. The standard InChI is InChI=1S/C14H16ClNO3/c15-10-3-4-12-9(6-10)7-13(19-12)14(17)16-8-11-2-1-5-18-11/h3-4,6,11,13H,1-2,5,7-8H2,(H,16,17). The first kappa shape index (κ1) is 12.8. The molecule has 0 bridgehead atoms. The Hall–Kier alpha value is -1.26. The molecule has 3 rings (SSSR count). The topological polar surface area (TPSA) is 47.6 Å². The third-order valence-corrected chi connectivity index (χ3v) is 3.75. The molecular weight excluding hydrogens is 266 g/mol. The molecule has 0 saturated carbocycles. The molecule has 1 fully saturated rings. The van der Waals surface area contributed by atoms with Gasteiger partial charge in [0, 0.05) is 24.6 Å². The number of carbonyl (C=O) groups is 1. The normalized spacial score (nSPS) is 24.9. The lowest BCUT2D eigenvalue weighted by molar-refractivity contribution is -0.127. The van der Waals surface area contributed by atoms with E-state index in [4.69, 9.17) is 21.1 Å². The van der Waals surface area contributed by atoms with Crippen LogP contribution < -0.4 is 10.1 Å². The molecule has 1 amide bonds. The minimum absolute atomic E-state index is 0.0807. The fourth-order valence-corrected chi connectivity index (χ4v) is 2.69. The van der Waals surface area contributed by atoms with Crippen LogP contribution in [0.5, 0.6) is 5.75 Å². The van der Waals surface area contributed by atoms with Crippen molar-refractivity contribution in [2.24, 2.45) is 0 Å². The van der Waals surface area contributed by atoms with Gasteiger partial charge < -0.3 is 14.8 Å². The summed E-state index contributed by atoms with van der Waals surface area (Å²) in [5.74, 6) is 0.671. The number of nitrogens with one attached hydrogen (secondary N) is 1. The Bertz CT molecular complexity index is 486. The van der Waals surface area contributed by atoms with Crippen LogP contribution in [0.4, 0.5) is 0 Å². The van der Waals surface area contributed by atoms with Crippen molar-refractivity contribution in [1.29, 1.82) is 0 Å². The first-order valence-corrected chi connectivity index (χ1v) is 6.94. The second kappa shape index (κ2) is 5.39. The summed E-state index contributed by atoms with van der Waals surface area (Å²) in [7, 11) is 0. The molecule has 0 aliphatic carbocycles. The van der Waals surface area contributed by atoms with E-state index in [9.17, 15) is 4.79 Å². The highest BCUT2D eigenvalue weighted by Crippen LogP contribution is 2.31. The molecule has 1 saturated heterocycles. The highest BCUT2D eigenvalue weighted by atomic mass is 35.5. The molecule has 1 aromatic rings. The smallest absolute Gasteiger partial charge is 0.261 e. The van der Waals surface area contributed by atoms with Gasteiger partial charge in [0.1, 0.15) is 5.75 Å². The molecule has 2 atom stereocenters. The van der Waals surface area contributed by atoms with Crippen molar-refractivity contribution in [3.63, 3.8) is 0 Å². The largest absolute Gasteiger partial charge is 0.480 e. The lowest BCUT2D eigenvalue weighted by Gasteiger charge is -2.14. The average molecular weight is 282 g/mol. The Morgan fingerprint density at radius 2 is 2.37 bits per heavy atom. The molecule has 2 heterocycles. The van der Waals surface area contributed by atoms with Gasteiger partial charge in [0.05, 0.1) is 6.10 Å². The second-order valence-corrected chi connectivity index (χ2v) is 5.38. The average Bonchev–Trinajstić information content (AvgIpc) is 3.04. The summed E-state index contributed by atoms with van der Waals surface area (Å²) in [5.41, 5.74) is 0.991. The van der Waals surface area contributed by atoms with Crippen LogP contribution in [0.3, 0.4) is 0 Å². The predicted molar refractivity (Wildman–Crippen MR) is 71.6 cm³/mol. The molecule has 4 nitrogen and oxygen atoms in total. The highest BCUT2D eigenvalue weighted by Gasteiger charge is 2.29. The van der Waals surface area contributed by atoms with Gasteiger partial charge >= 0.3 is 0 Å². The minimum Gasteiger partial charge on any atom is -0.480 e.